The fraction of sp³-hybridized carbons (Fsp3) is 0.700. The third kappa shape index (κ3) is 3.04. The molecule has 0 saturated carbocycles. The van der Waals surface area contributed by atoms with Crippen molar-refractivity contribution >= 4 is 17.5 Å². The zero-order chi connectivity index (χ0) is 11.3. The molecule has 15 heavy (non-hydrogen) atoms. The third-order valence-corrected chi connectivity index (χ3v) is 2.31. The lowest BCUT2D eigenvalue weighted by Crippen LogP contribution is -2.40. The predicted octanol–water partition coefficient (Wildman–Crippen LogP) is 0.511. The summed E-state index contributed by atoms with van der Waals surface area (Å²) in [6.45, 7) is 5.39. The van der Waals surface area contributed by atoms with Crippen LogP contribution in [0.15, 0.2) is 5.10 Å². The van der Waals surface area contributed by atoms with E-state index in [9.17, 15) is 9.59 Å². The standard InChI is InChI=1S/C10H17N3O2/c1-3-7-13(4-2)10(15)8-5-6-9(14)12-11-8/h3-7H2,1-2H3,(H,12,14). The summed E-state index contributed by atoms with van der Waals surface area (Å²) in [4.78, 5) is 24.5. The summed E-state index contributed by atoms with van der Waals surface area (Å²) in [5, 5.41) is 3.79. The first-order chi connectivity index (χ1) is 7.19. The molecule has 5 nitrogen and oxygen atoms in total. The van der Waals surface area contributed by atoms with Gasteiger partial charge in [0.05, 0.1) is 0 Å². The van der Waals surface area contributed by atoms with Gasteiger partial charge in [-0.2, -0.15) is 5.10 Å². The van der Waals surface area contributed by atoms with E-state index in [1.54, 1.807) is 4.90 Å². The quantitative estimate of drug-likeness (QED) is 0.736. The number of carbonyl (C=O) groups excluding carboxylic acids is 2. The summed E-state index contributed by atoms with van der Waals surface area (Å²) in [6.07, 6.45) is 1.73. The molecule has 0 radical (unpaired) electrons. The second-order valence-corrected chi connectivity index (χ2v) is 3.48. The number of amides is 2. The molecular formula is C10H17N3O2. The fourth-order valence-corrected chi connectivity index (χ4v) is 1.48. The highest BCUT2D eigenvalue weighted by Crippen LogP contribution is 2.04. The van der Waals surface area contributed by atoms with Crippen molar-refractivity contribution in [2.75, 3.05) is 13.1 Å². The number of carbonyl (C=O) groups is 2. The summed E-state index contributed by atoms with van der Waals surface area (Å²) in [6, 6.07) is 0. The molecule has 0 aromatic heterocycles. The molecule has 0 saturated heterocycles. The monoisotopic (exact) mass is 211 g/mol. The minimum Gasteiger partial charge on any atom is -0.338 e. The van der Waals surface area contributed by atoms with Gasteiger partial charge in [-0.1, -0.05) is 6.92 Å². The van der Waals surface area contributed by atoms with Gasteiger partial charge >= 0.3 is 0 Å². The van der Waals surface area contributed by atoms with E-state index in [-0.39, 0.29) is 11.8 Å². The molecule has 1 aliphatic heterocycles. The van der Waals surface area contributed by atoms with Crippen molar-refractivity contribution < 1.29 is 9.59 Å². The molecule has 5 heteroatoms. The zero-order valence-corrected chi connectivity index (χ0v) is 9.25. The van der Waals surface area contributed by atoms with E-state index in [0.29, 0.717) is 25.1 Å². The van der Waals surface area contributed by atoms with Crippen LogP contribution >= 0.6 is 0 Å². The van der Waals surface area contributed by atoms with Gasteiger partial charge in [0, 0.05) is 25.9 Å². The first-order valence-corrected chi connectivity index (χ1v) is 5.33. The Morgan fingerprint density at radius 2 is 2.20 bits per heavy atom. The number of hydrogen-bond donors (Lipinski definition) is 1. The molecule has 1 aliphatic rings. The van der Waals surface area contributed by atoms with Gasteiger partial charge in [0.25, 0.3) is 5.91 Å². The molecule has 2 amide bonds. The van der Waals surface area contributed by atoms with Crippen molar-refractivity contribution in [2.24, 2.45) is 5.10 Å². The maximum atomic E-state index is 11.9. The van der Waals surface area contributed by atoms with Crippen molar-refractivity contribution in [2.45, 2.75) is 33.1 Å². The van der Waals surface area contributed by atoms with Crippen LogP contribution in [0.3, 0.4) is 0 Å². The molecule has 84 valence electrons. The van der Waals surface area contributed by atoms with Crippen LogP contribution in [0.25, 0.3) is 0 Å². The highest BCUT2D eigenvalue weighted by atomic mass is 16.2. The van der Waals surface area contributed by atoms with Gasteiger partial charge in [0.1, 0.15) is 5.71 Å². The summed E-state index contributed by atoms with van der Waals surface area (Å²) < 4.78 is 0. The van der Waals surface area contributed by atoms with Gasteiger partial charge in [-0.25, -0.2) is 5.43 Å². The van der Waals surface area contributed by atoms with Crippen LogP contribution in [0.5, 0.6) is 0 Å². The van der Waals surface area contributed by atoms with Crippen molar-refractivity contribution in [3.8, 4) is 0 Å². The Morgan fingerprint density at radius 1 is 1.47 bits per heavy atom. The number of rotatable bonds is 4. The summed E-state index contributed by atoms with van der Waals surface area (Å²) in [5.41, 5.74) is 2.80. The summed E-state index contributed by atoms with van der Waals surface area (Å²) in [5.74, 6) is -0.176. The largest absolute Gasteiger partial charge is 0.338 e. The average molecular weight is 211 g/mol. The Balaban J connectivity index is 2.62. The van der Waals surface area contributed by atoms with Gasteiger partial charge in [-0.05, 0) is 13.3 Å². The molecule has 0 aromatic carbocycles. The van der Waals surface area contributed by atoms with Crippen molar-refractivity contribution in [3.63, 3.8) is 0 Å². The fourth-order valence-electron chi connectivity index (χ4n) is 1.48. The first kappa shape index (κ1) is 11.7. The van der Waals surface area contributed by atoms with Crippen LogP contribution in [0.2, 0.25) is 0 Å². The lowest BCUT2D eigenvalue weighted by atomic mass is 10.1. The normalized spacial score (nSPS) is 15.6. The maximum absolute atomic E-state index is 11.9. The van der Waals surface area contributed by atoms with Crippen LogP contribution in [-0.4, -0.2) is 35.5 Å². The lowest BCUT2D eigenvalue weighted by molar-refractivity contribution is -0.124. The molecule has 0 bridgehead atoms. The van der Waals surface area contributed by atoms with Gasteiger partial charge in [0.15, 0.2) is 0 Å². The van der Waals surface area contributed by atoms with Crippen molar-refractivity contribution in [3.05, 3.63) is 0 Å². The highest BCUT2D eigenvalue weighted by Gasteiger charge is 2.21. The van der Waals surface area contributed by atoms with E-state index < -0.39 is 0 Å². The smallest absolute Gasteiger partial charge is 0.270 e. The van der Waals surface area contributed by atoms with Crippen LogP contribution in [0.4, 0.5) is 0 Å². The molecule has 0 atom stereocenters. The Labute approximate surface area is 89.5 Å². The number of hydrogen-bond acceptors (Lipinski definition) is 3. The van der Waals surface area contributed by atoms with Crippen LogP contribution in [-0.2, 0) is 9.59 Å². The minimum absolute atomic E-state index is 0.0562. The molecule has 0 unspecified atom stereocenters. The van der Waals surface area contributed by atoms with Gasteiger partial charge in [0.2, 0.25) is 5.91 Å². The van der Waals surface area contributed by atoms with Gasteiger partial charge in [-0.3, -0.25) is 9.59 Å². The SMILES string of the molecule is CCCN(CC)C(=O)C1=NNC(=O)CC1. The second kappa shape index (κ2) is 5.48. The van der Waals surface area contributed by atoms with Gasteiger partial charge in [-0.15, -0.1) is 0 Å². The van der Waals surface area contributed by atoms with E-state index >= 15 is 0 Å². The van der Waals surface area contributed by atoms with E-state index in [1.807, 2.05) is 13.8 Å². The zero-order valence-electron chi connectivity index (χ0n) is 9.25. The molecule has 0 spiro atoms. The highest BCUT2D eigenvalue weighted by molar-refractivity contribution is 6.39. The Kier molecular flexibility index (Phi) is 4.27. The van der Waals surface area contributed by atoms with Crippen LogP contribution in [0, 0.1) is 0 Å². The maximum Gasteiger partial charge on any atom is 0.270 e. The summed E-state index contributed by atoms with van der Waals surface area (Å²) in [7, 11) is 0. The first-order valence-electron chi connectivity index (χ1n) is 5.33. The van der Waals surface area contributed by atoms with Crippen molar-refractivity contribution in [1.29, 1.82) is 0 Å². The Morgan fingerprint density at radius 3 is 2.67 bits per heavy atom. The van der Waals surface area contributed by atoms with E-state index in [4.69, 9.17) is 0 Å². The topological polar surface area (TPSA) is 61.8 Å². The van der Waals surface area contributed by atoms with Crippen LogP contribution in [0.1, 0.15) is 33.1 Å². The molecule has 1 N–H and O–H groups in total. The minimum atomic E-state index is -0.120. The molecule has 1 rings (SSSR count). The molecule has 0 aromatic rings. The van der Waals surface area contributed by atoms with Crippen molar-refractivity contribution in [1.82, 2.24) is 10.3 Å². The average Bonchev–Trinajstić information content (AvgIpc) is 2.26. The number of nitrogens with zero attached hydrogens (tertiary/aromatic N) is 2. The summed E-state index contributed by atoms with van der Waals surface area (Å²) >= 11 is 0. The lowest BCUT2D eigenvalue weighted by Gasteiger charge is -2.22. The molecule has 0 aliphatic carbocycles. The van der Waals surface area contributed by atoms with E-state index in [0.717, 1.165) is 13.0 Å². The predicted molar refractivity (Wildman–Crippen MR) is 57.4 cm³/mol. The third-order valence-electron chi connectivity index (χ3n) is 2.31. The number of nitrogens with one attached hydrogen (secondary N) is 1. The molecule has 1 heterocycles. The molecular weight excluding hydrogens is 194 g/mol. The van der Waals surface area contributed by atoms with E-state index in [2.05, 4.69) is 10.5 Å². The van der Waals surface area contributed by atoms with E-state index in [1.165, 1.54) is 0 Å². The Hall–Kier alpha value is -1.39. The van der Waals surface area contributed by atoms with Crippen LogP contribution < -0.4 is 5.43 Å². The second-order valence-electron chi connectivity index (χ2n) is 3.48. The van der Waals surface area contributed by atoms with Gasteiger partial charge < -0.3 is 4.90 Å². The number of hydrazone groups is 1. The Bertz CT molecular complexity index is 286. The molecule has 0 fully saturated rings.